The molecule has 0 N–H and O–H groups in total. The Morgan fingerprint density at radius 1 is 1.00 bits per heavy atom. The molecule has 0 unspecified atom stereocenters. The van der Waals surface area contributed by atoms with Gasteiger partial charge in [-0.05, 0) is 42.9 Å². The second-order valence-electron chi connectivity index (χ2n) is 7.59. The van der Waals surface area contributed by atoms with E-state index in [4.69, 9.17) is 0 Å². The summed E-state index contributed by atoms with van der Waals surface area (Å²) in [7, 11) is 0. The molecule has 0 aliphatic heterocycles. The highest BCUT2D eigenvalue weighted by Gasteiger charge is 2.64. The molecule has 3 rings (SSSR count). The smallest absolute Gasteiger partial charge is 0.142 e. The number of fused-ring (bicyclic) bond motifs is 1. The number of carbonyl (C=O) groups is 1. The molecule has 3 fully saturated rings. The largest absolute Gasteiger partial charge is 0.299 e. The molecule has 3 saturated carbocycles. The summed E-state index contributed by atoms with van der Waals surface area (Å²) in [5.41, 5.74) is 0.716. The predicted molar refractivity (Wildman–Crippen MR) is 65.1 cm³/mol. The summed E-state index contributed by atoms with van der Waals surface area (Å²) in [5.74, 6) is 0.996. The van der Waals surface area contributed by atoms with Gasteiger partial charge in [0.1, 0.15) is 5.78 Å². The van der Waals surface area contributed by atoms with E-state index in [9.17, 15) is 4.79 Å². The van der Waals surface area contributed by atoms with Crippen molar-refractivity contribution in [2.45, 2.75) is 65.7 Å². The lowest BCUT2D eigenvalue weighted by molar-refractivity contribution is -0.133. The number of ketones is 1. The molecule has 16 heavy (non-hydrogen) atoms. The fourth-order valence-corrected chi connectivity index (χ4v) is 5.45. The Labute approximate surface area is 99.0 Å². The highest BCUT2D eigenvalue weighted by atomic mass is 16.1. The molecule has 0 aromatic rings. The van der Waals surface area contributed by atoms with Crippen molar-refractivity contribution in [1.29, 1.82) is 0 Å². The molecular formula is C15H24O. The zero-order valence-corrected chi connectivity index (χ0v) is 10.9. The third-order valence-electron chi connectivity index (χ3n) is 5.89. The van der Waals surface area contributed by atoms with E-state index in [1.807, 2.05) is 0 Å². The van der Waals surface area contributed by atoms with Crippen molar-refractivity contribution < 1.29 is 4.79 Å². The van der Waals surface area contributed by atoms with Crippen LogP contribution in [-0.4, -0.2) is 5.78 Å². The molecule has 1 heteroatoms. The van der Waals surface area contributed by atoms with Gasteiger partial charge < -0.3 is 0 Å². The van der Waals surface area contributed by atoms with E-state index < -0.39 is 0 Å². The second-order valence-corrected chi connectivity index (χ2v) is 7.59. The molecule has 90 valence electrons. The molecule has 2 bridgehead atoms. The minimum Gasteiger partial charge on any atom is -0.299 e. The first-order chi connectivity index (χ1) is 7.40. The van der Waals surface area contributed by atoms with Gasteiger partial charge in [-0.15, -0.1) is 0 Å². The SMILES string of the molecule is CC1(C)CCC[C@]23CCC[C@](C)(C2)C(=O)[C@H]13. The first kappa shape index (κ1) is 10.8. The number of hydrogen-bond donors (Lipinski definition) is 0. The van der Waals surface area contributed by atoms with Crippen LogP contribution in [0.2, 0.25) is 0 Å². The van der Waals surface area contributed by atoms with Crippen LogP contribution in [0.3, 0.4) is 0 Å². The molecule has 0 saturated heterocycles. The third kappa shape index (κ3) is 1.15. The molecule has 0 aromatic heterocycles. The Morgan fingerprint density at radius 3 is 2.31 bits per heavy atom. The van der Waals surface area contributed by atoms with Gasteiger partial charge in [-0.2, -0.15) is 0 Å². The van der Waals surface area contributed by atoms with Crippen molar-refractivity contribution in [1.82, 2.24) is 0 Å². The lowest BCUT2D eigenvalue weighted by Gasteiger charge is -2.48. The van der Waals surface area contributed by atoms with Crippen LogP contribution >= 0.6 is 0 Å². The van der Waals surface area contributed by atoms with Crippen LogP contribution in [0.4, 0.5) is 0 Å². The summed E-state index contributed by atoms with van der Waals surface area (Å²) in [5, 5.41) is 0. The molecular weight excluding hydrogens is 196 g/mol. The fraction of sp³-hybridized carbons (Fsp3) is 0.933. The average Bonchev–Trinajstić information content (AvgIpc) is 2.30. The minimum atomic E-state index is 0.0462. The fourth-order valence-electron chi connectivity index (χ4n) is 5.45. The zero-order chi connectivity index (χ0) is 11.6. The average molecular weight is 220 g/mol. The van der Waals surface area contributed by atoms with E-state index in [2.05, 4.69) is 20.8 Å². The van der Waals surface area contributed by atoms with Crippen molar-refractivity contribution >= 4 is 5.78 Å². The first-order valence-electron chi connectivity index (χ1n) is 6.94. The summed E-state index contributed by atoms with van der Waals surface area (Å²) >= 11 is 0. The Balaban J connectivity index is 2.09. The van der Waals surface area contributed by atoms with Crippen LogP contribution in [-0.2, 0) is 4.79 Å². The molecule has 3 aliphatic rings. The Morgan fingerprint density at radius 2 is 1.62 bits per heavy atom. The van der Waals surface area contributed by atoms with Gasteiger partial charge in [0.15, 0.2) is 0 Å². The first-order valence-corrected chi connectivity index (χ1v) is 6.94. The van der Waals surface area contributed by atoms with E-state index in [0.717, 1.165) is 6.42 Å². The van der Waals surface area contributed by atoms with E-state index in [-0.39, 0.29) is 10.8 Å². The van der Waals surface area contributed by atoms with E-state index in [0.29, 0.717) is 17.1 Å². The molecule has 0 amide bonds. The molecule has 3 atom stereocenters. The number of hydrogen-bond acceptors (Lipinski definition) is 1. The topological polar surface area (TPSA) is 17.1 Å². The van der Waals surface area contributed by atoms with Crippen LogP contribution in [0.5, 0.6) is 0 Å². The maximum atomic E-state index is 12.8. The lowest BCUT2D eigenvalue weighted by atomic mass is 9.55. The lowest BCUT2D eigenvalue weighted by Crippen LogP contribution is -2.43. The van der Waals surface area contributed by atoms with Crippen molar-refractivity contribution in [3.8, 4) is 0 Å². The van der Waals surface area contributed by atoms with Gasteiger partial charge in [-0.1, -0.05) is 33.6 Å². The van der Waals surface area contributed by atoms with Gasteiger partial charge in [0.2, 0.25) is 0 Å². The standard InChI is InChI=1S/C15H24O/c1-13(2)6-4-8-15-9-5-7-14(3,10-15)12(16)11(13)15/h11H,4-10H2,1-3H3/t11-,14-,15+/m1/s1. The number of carbonyl (C=O) groups excluding carboxylic acids is 1. The van der Waals surface area contributed by atoms with E-state index in [1.54, 1.807) is 0 Å². The molecule has 0 heterocycles. The normalized spacial score (nSPS) is 50.2. The van der Waals surface area contributed by atoms with Crippen LogP contribution in [0.15, 0.2) is 0 Å². The molecule has 1 nitrogen and oxygen atoms in total. The van der Waals surface area contributed by atoms with Gasteiger partial charge in [-0.25, -0.2) is 0 Å². The van der Waals surface area contributed by atoms with Gasteiger partial charge >= 0.3 is 0 Å². The van der Waals surface area contributed by atoms with Crippen molar-refractivity contribution in [3.05, 3.63) is 0 Å². The van der Waals surface area contributed by atoms with Gasteiger partial charge in [0.25, 0.3) is 0 Å². The molecule has 1 spiro atoms. The summed E-state index contributed by atoms with van der Waals surface area (Å²) in [4.78, 5) is 12.8. The van der Waals surface area contributed by atoms with Crippen LogP contribution in [0.25, 0.3) is 0 Å². The summed E-state index contributed by atoms with van der Waals surface area (Å²) < 4.78 is 0. The van der Waals surface area contributed by atoms with Crippen LogP contribution < -0.4 is 0 Å². The Kier molecular flexibility index (Phi) is 1.97. The third-order valence-corrected chi connectivity index (χ3v) is 5.89. The van der Waals surface area contributed by atoms with Gasteiger partial charge in [0, 0.05) is 11.3 Å². The monoisotopic (exact) mass is 220 g/mol. The van der Waals surface area contributed by atoms with Crippen LogP contribution in [0.1, 0.15) is 65.7 Å². The Hall–Kier alpha value is -0.330. The summed E-state index contributed by atoms with van der Waals surface area (Å²) in [6.45, 7) is 6.91. The molecule has 0 aromatic carbocycles. The molecule has 0 radical (unpaired) electrons. The van der Waals surface area contributed by atoms with E-state index >= 15 is 0 Å². The maximum absolute atomic E-state index is 12.8. The van der Waals surface area contributed by atoms with Crippen LogP contribution in [0, 0.1) is 22.2 Å². The van der Waals surface area contributed by atoms with Crippen molar-refractivity contribution in [2.24, 2.45) is 22.2 Å². The summed E-state index contributed by atoms with van der Waals surface area (Å²) in [6.07, 6.45) is 8.88. The number of Topliss-reactive ketones (excluding diaryl/α,β-unsaturated/α-hetero) is 1. The highest BCUT2D eigenvalue weighted by molar-refractivity contribution is 5.91. The highest BCUT2D eigenvalue weighted by Crippen LogP contribution is 2.68. The van der Waals surface area contributed by atoms with E-state index in [1.165, 1.54) is 38.5 Å². The van der Waals surface area contributed by atoms with Crippen molar-refractivity contribution in [3.63, 3.8) is 0 Å². The number of rotatable bonds is 0. The van der Waals surface area contributed by atoms with Gasteiger partial charge in [-0.3, -0.25) is 4.79 Å². The molecule has 3 aliphatic carbocycles. The summed E-state index contributed by atoms with van der Waals surface area (Å²) in [6, 6.07) is 0. The quantitative estimate of drug-likeness (QED) is 0.604. The van der Waals surface area contributed by atoms with Gasteiger partial charge in [0.05, 0.1) is 0 Å². The minimum absolute atomic E-state index is 0.0462. The predicted octanol–water partition coefficient (Wildman–Crippen LogP) is 3.96. The van der Waals surface area contributed by atoms with Crippen molar-refractivity contribution in [2.75, 3.05) is 0 Å². The Bertz CT molecular complexity index is 339. The zero-order valence-electron chi connectivity index (χ0n) is 10.9. The maximum Gasteiger partial charge on any atom is 0.142 e. The second kappa shape index (κ2) is 2.91.